The third kappa shape index (κ3) is 8.02. The molecule has 2 N–H and O–H groups in total. The molecule has 240 valence electrons. The second-order valence-electron chi connectivity index (χ2n) is 12.5. The average Bonchev–Trinajstić information content (AvgIpc) is 3.64. The van der Waals surface area contributed by atoms with Crippen molar-refractivity contribution < 1.29 is 19.1 Å². The van der Waals surface area contributed by atoms with Gasteiger partial charge in [-0.3, -0.25) is 14.7 Å². The molecule has 3 heterocycles. The monoisotopic (exact) mass is 615 g/mol. The van der Waals surface area contributed by atoms with Gasteiger partial charge < -0.3 is 19.7 Å². The van der Waals surface area contributed by atoms with Gasteiger partial charge in [0.1, 0.15) is 17.9 Å². The van der Waals surface area contributed by atoms with Gasteiger partial charge in [0.2, 0.25) is 0 Å². The number of unbranched alkanes of at least 4 members (excludes halogenated alkanes) is 1. The number of urea groups is 1. The molecule has 2 aromatic carbocycles. The third-order valence-electron chi connectivity index (χ3n) is 8.22. The molecule has 0 atom stereocenters. The Morgan fingerprint density at radius 2 is 1.76 bits per heavy atom. The number of likely N-dealkylation sites (tertiary alicyclic amines) is 1. The number of anilines is 2. The van der Waals surface area contributed by atoms with Gasteiger partial charge in [-0.05, 0) is 75.5 Å². The lowest BCUT2D eigenvalue weighted by atomic mass is 9.92. The first-order valence-electron chi connectivity index (χ1n) is 15.8. The molecule has 1 aliphatic rings. The normalized spacial score (nSPS) is 14.4. The number of methoxy groups -OCH3 is 1. The fourth-order valence-electron chi connectivity index (χ4n) is 5.67. The number of nitrogens with one attached hydrogen (secondary N) is 2. The number of piperidine rings is 1. The molecule has 11 heteroatoms. The number of nitrogens with zero attached hydrogens (tertiary/aromatic N) is 5. The van der Waals surface area contributed by atoms with Crippen LogP contribution in [0, 0.1) is 0 Å². The van der Waals surface area contributed by atoms with Gasteiger partial charge in [-0.15, -0.1) is 0 Å². The zero-order valence-electron chi connectivity index (χ0n) is 27.0. The summed E-state index contributed by atoms with van der Waals surface area (Å²) >= 11 is 0. The number of imidazole rings is 1. The van der Waals surface area contributed by atoms with Crippen LogP contribution in [0.25, 0.3) is 16.7 Å². The first kappa shape index (κ1) is 32.0. The molecular formula is C34H45N7O4. The van der Waals surface area contributed by atoms with Crippen LogP contribution in [0.4, 0.5) is 16.3 Å². The smallest absolute Gasteiger partial charge is 0.324 e. The molecule has 0 unspecified atom stereocenters. The number of rotatable bonds is 11. The number of carbonyl (C=O) groups excluding carboxylic acids is 2. The van der Waals surface area contributed by atoms with Gasteiger partial charge in [-0.1, -0.05) is 20.8 Å². The van der Waals surface area contributed by atoms with E-state index in [9.17, 15) is 9.59 Å². The predicted octanol–water partition coefficient (Wildman–Crippen LogP) is 6.54. The summed E-state index contributed by atoms with van der Waals surface area (Å²) in [6, 6.07) is 15.3. The number of aromatic nitrogens is 4. The minimum absolute atomic E-state index is 0.115. The maximum absolute atomic E-state index is 13.2. The maximum atomic E-state index is 13.2. The minimum Gasteiger partial charge on any atom is -0.497 e. The summed E-state index contributed by atoms with van der Waals surface area (Å²) in [5.74, 6) is 1.34. The first-order valence-corrected chi connectivity index (χ1v) is 15.8. The lowest BCUT2D eigenvalue weighted by molar-refractivity contribution is -0.143. The van der Waals surface area contributed by atoms with Crippen molar-refractivity contribution in [3.8, 4) is 11.4 Å². The molecule has 2 amide bonds. The van der Waals surface area contributed by atoms with Crippen LogP contribution in [-0.4, -0.2) is 69.6 Å². The molecule has 0 spiro atoms. The molecule has 11 nitrogen and oxygen atoms in total. The Hall–Kier alpha value is -4.38. The quantitative estimate of drug-likeness (QED) is 0.145. The number of carbonyl (C=O) groups is 2. The summed E-state index contributed by atoms with van der Waals surface area (Å²) in [5, 5.41) is 11.0. The molecule has 0 aliphatic carbocycles. The number of amides is 2. The zero-order valence-corrected chi connectivity index (χ0v) is 27.0. The van der Waals surface area contributed by atoms with Crippen LogP contribution in [0.5, 0.6) is 5.75 Å². The van der Waals surface area contributed by atoms with Gasteiger partial charge in [0.25, 0.3) is 0 Å². The van der Waals surface area contributed by atoms with E-state index in [-0.39, 0.29) is 23.5 Å². The Balaban J connectivity index is 1.19. The van der Waals surface area contributed by atoms with E-state index in [1.54, 1.807) is 13.4 Å². The van der Waals surface area contributed by atoms with E-state index in [1.807, 2.05) is 64.7 Å². The summed E-state index contributed by atoms with van der Waals surface area (Å²) in [5.41, 5.74) is 4.22. The van der Waals surface area contributed by atoms with Crippen molar-refractivity contribution in [3.05, 3.63) is 60.6 Å². The van der Waals surface area contributed by atoms with Gasteiger partial charge in [0, 0.05) is 48.4 Å². The van der Waals surface area contributed by atoms with Crippen LogP contribution in [0.1, 0.15) is 71.5 Å². The number of esters is 1. The maximum Gasteiger partial charge on any atom is 0.324 e. The van der Waals surface area contributed by atoms with Crippen molar-refractivity contribution in [2.45, 2.75) is 71.3 Å². The largest absolute Gasteiger partial charge is 0.497 e. The first-order chi connectivity index (χ1) is 21.6. The van der Waals surface area contributed by atoms with Crippen molar-refractivity contribution in [1.29, 1.82) is 0 Å². The molecular weight excluding hydrogens is 570 g/mol. The highest BCUT2D eigenvalue weighted by atomic mass is 16.5. The average molecular weight is 616 g/mol. The van der Waals surface area contributed by atoms with E-state index in [0.717, 1.165) is 73.5 Å². The molecule has 5 rings (SSSR count). The number of ether oxygens (including phenoxy) is 2. The number of fused-ring (bicyclic) bond motifs is 1. The van der Waals surface area contributed by atoms with Crippen LogP contribution < -0.4 is 15.4 Å². The second-order valence-corrected chi connectivity index (χ2v) is 12.5. The van der Waals surface area contributed by atoms with Gasteiger partial charge in [0.05, 0.1) is 36.5 Å². The molecule has 0 radical (unpaired) electrons. The molecule has 1 aliphatic heterocycles. The van der Waals surface area contributed by atoms with Gasteiger partial charge in [-0.25, -0.2) is 14.5 Å². The Bertz CT molecular complexity index is 1590. The molecule has 0 saturated carbocycles. The molecule has 1 fully saturated rings. The summed E-state index contributed by atoms with van der Waals surface area (Å²) < 4.78 is 14.3. The molecule has 4 aromatic rings. The van der Waals surface area contributed by atoms with E-state index in [1.165, 1.54) is 0 Å². The summed E-state index contributed by atoms with van der Waals surface area (Å²) in [7, 11) is 1.64. The van der Waals surface area contributed by atoms with Crippen molar-refractivity contribution in [1.82, 2.24) is 24.2 Å². The van der Waals surface area contributed by atoms with Gasteiger partial charge in [0.15, 0.2) is 0 Å². The van der Waals surface area contributed by atoms with E-state index in [4.69, 9.17) is 14.6 Å². The Morgan fingerprint density at radius 1 is 1.00 bits per heavy atom. The number of hydrogen-bond donors (Lipinski definition) is 2. The summed E-state index contributed by atoms with van der Waals surface area (Å²) in [6.45, 7) is 11.5. The third-order valence-corrected chi connectivity index (χ3v) is 8.22. The Morgan fingerprint density at radius 3 is 2.44 bits per heavy atom. The number of hydrogen-bond acceptors (Lipinski definition) is 7. The summed E-state index contributed by atoms with van der Waals surface area (Å²) in [6.07, 6.45) is 5.96. The van der Waals surface area contributed by atoms with Crippen molar-refractivity contribution in [3.63, 3.8) is 0 Å². The topological polar surface area (TPSA) is 116 Å². The van der Waals surface area contributed by atoms with Gasteiger partial charge in [-0.2, -0.15) is 5.10 Å². The predicted molar refractivity (Wildman–Crippen MR) is 176 cm³/mol. The van der Waals surface area contributed by atoms with Crippen LogP contribution in [0.2, 0.25) is 0 Å². The van der Waals surface area contributed by atoms with Crippen molar-refractivity contribution in [2.24, 2.45) is 0 Å². The highest BCUT2D eigenvalue weighted by Crippen LogP contribution is 2.31. The molecule has 2 aromatic heterocycles. The Labute approximate surface area is 264 Å². The van der Waals surface area contributed by atoms with E-state index < -0.39 is 0 Å². The van der Waals surface area contributed by atoms with Crippen LogP contribution in [0.3, 0.4) is 0 Å². The van der Waals surface area contributed by atoms with E-state index >= 15 is 0 Å². The fraction of sp³-hybridized carbons (Fsp3) is 0.471. The minimum atomic E-state index is -0.316. The number of benzene rings is 2. The van der Waals surface area contributed by atoms with Crippen molar-refractivity contribution in [2.75, 3.05) is 44.0 Å². The van der Waals surface area contributed by atoms with E-state index in [0.29, 0.717) is 24.5 Å². The van der Waals surface area contributed by atoms with Crippen LogP contribution in [-0.2, 0) is 14.9 Å². The van der Waals surface area contributed by atoms with E-state index in [2.05, 4.69) is 41.3 Å². The molecule has 45 heavy (non-hydrogen) atoms. The molecule has 0 bridgehead atoms. The Kier molecular flexibility index (Phi) is 10.1. The highest BCUT2D eigenvalue weighted by Gasteiger charge is 2.27. The zero-order chi connectivity index (χ0) is 32.0. The highest BCUT2D eigenvalue weighted by molar-refractivity contribution is 5.99. The SMILES string of the molecule is CCOC(=O)CCCCN1CCC(n2nc(C(C)(C)C)cc2NC(=O)Nc2ccc(-n3cnc4cc(OC)ccc43)cc2)CC1. The lowest BCUT2D eigenvalue weighted by Crippen LogP contribution is -2.36. The lowest BCUT2D eigenvalue weighted by Gasteiger charge is -2.32. The van der Waals surface area contributed by atoms with Crippen molar-refractivity contribution >= 4 is 34.5 Å². The summed E-state index contributed by atoms with van der Waals surface area (Å²) in [4.78, 5) is 31.7. The van der Waals surface area contributed by atoms with Crippen LogP contribution >= 0.6 is 0 Å². The fourth-order valence-corrected chi connectivity index (χ4v) is 5.67. The van der Waals surface area contributed by atoms with Gasteiger partial charge >= 0.3 is 12.0 Å². The molecule has 1 saturated heterocycles. The second kappa shape index (κ2) is 14.2. The standard InChI is InChI=1S/C34H45N7O4/c1-6-45-32(42)9-7-8-18-39-19-16-26(17-20-39)41-31(22-30(38-41)34(2,3)4)37-33(43)36-24-10-12-25(13-11-24)40-23-35-28-21-27(44-5)14-15-29(28)40/h10-15,21-23,26H,6-9,16-20H2,1-5H3,(H2,36,37,43). The van der Waals surface area contributed by atoms with Crippen LogP contribution in [0.15, 0.2) is 54.9 Å².